The Bertz CT molecular complexity index is 876. The third-order valence-electron chi connectivity index (χ3n) is 3.72. The van der Waals surface area contributed by atoms with Gasteiger partial charge in [-0.25, -0.2) is 9.59 Å². The number of ether oxygens (including phenoxy) is 2. The minimum atomic E-state index is -0.714. The van der Waals surface area contributed by atoms with E-state index in [1.54, 1.807) is 18.2 Å². The molecule has 1 aromatic heterocycles. The van der Waals surface area contributed by atoms with Crippen molar-refractivity contribution in [1.82, 2.24) is 9.55 Å². The highest BCUT2D eigenvalue weighted by Gasteiger charge is 2.29. The molecule has 6 nitrogen and oxygen atoms in total. The smallest absolute Gasteiger partial charge is 0.357 e. The molecule has 0 spiro atoms. The molecule has 0 amide bonds. The number of methoxy groups -OCH3 is 2. The van der Waals surface area contributed by atoms with Gasteiger partial charge in [-0.15, -0.1) is 0 Å². The number of halogens is 2. The van der Waals surface area contributed by atoms with Crippen molar-refractivity contribution in [2.24, 2.45) is 0 Å². The second-order valence-corrected chi connectivity index (χ2v) is 6.31. The molecule has 1 atom stereocenters. The largest absolute Gasteiger partial charge is 0.464 e. The van der Waals surface area contributed by atoms with Gasteiger partial charge in [0.25, 0.3) is 0 Å². The maximum Gasteiger partial charge on any atom is 0.357 e. The van der Waals surface area contributed by atoms with Gasteiger partial charge >= 0.3 is 11.9 Å². The van der Waals surface area contributed by atoms with Gasteiger partial charge in [0.1, 0.15) is 0 Å². The number of nitrogens with one attached hydrogen (secondary N) is 1. The molecular weight excluding hydrogens is 387 g/mol. The molecule has 0 aliphatic rings. The second-order valence-electron chi connectivity index (χ2n) is 5.10. The van der Waals surface area contributed by atoms with Gasteiger partial charge in [0.2, 0.25) is 0 Å². The van der Waals surface area contributed by atoms with Gasteiger partial charge in [0, 0.05) is 0 Å². The minimum absolute atomic E-state index is 0.00253. The fourth-order valence-corrected chi connectivity index (χ4v) is 3.21. The molecule has 0 radical (unpaired) electrons. The second kappa shape index (κ2) is 8.03. The number of nitrogens with zero attached hydrogens (tertiary/aromatic N) is 1. The highest BCUT2D eigenvalue weighted by molar-refractivity contribution is 7.71. The average molecular weight is 403 g/mol. The number of rotatable bonds is 5. The summed E-state index contributed by atoms with van der Waals surface area (Å²) in [7, 11) is 2.44. The fourth-order valence-electron chi connectivity index (χ4n) is 2.58. The fraction of sp³-hybridized carbons (Fsp3) is 0.312. The van der Waals surface area contributed by atoms with Crippen molar-refractivity contribution in [3.8, 4) is 0 Å². The number of esters is 2. The van der Waals surface area contributed by atoms with E-state index >= 15 is 0 Å². The number of hydrogen-bond acceptors (Lipinski definition) is 5. The highest BCUT2D eigenvalue weighted by atomic mass is 35.5. The quantitative estimate of drug-likeness (QED) is 0.591. The molecule has 0 aliphatic heterocycles. The topological polar surface area (TPSA) is 73.3 Å². The first-order valence-corrected chi connectivity index (χ1v) is 8.48. The molecule has 1 heterocycles. The van der Waals surface area contributed by atoms with E-state index in [9.17, 15) is 9.59 Å². The molecular formula is C16H16Cl2N2O4S. The summed E-state index contributed by atoms with van der Waals surface area (Å²) < 4.78 is 11.3. The minimum Gasteiger partial charge on any atom is -0.464 e. The van der Waals surface area contributed by atoms with E-state index < -0.39 is 11.9 Å². The van der Waals surface area contributed by atoms with Gasteiger partial charge < -0.3 is 19.0 Å². The summed E-state index contributed by atoms with van der Waals surface area (Å²) in [6, 6.07) is 4.80. The summed E-state index contributed by atoms with van der Waals surface area (Å²) in [5, 5.41) is 0.800. The number of carbonyl (C=O) groups excluding carboxylic acids is 2. The van der Waals surface area contributed by atoms with E-state index in [0.29, 0.717) is 16.5 Å². The highest BCUT2D eigenvalue weighted by Crippen LogP contribution is 2.31. The summed E-state index contributed by atoms with van der Waals surface area (Å²) in [5.74, 6) is -1.42. The van der Waals surface area contributed by atoms with Crippen LogP contribution in [-0.2, 0) is 9.47 Å². The number of carbonyl (C=O) groups is 2. The Balaban J connectivity index is 2.72. The lowest BCUT2D eigenvalue weighted by atomic mass is 10.0. The lowest BCUT2D eigenvalue weighted by Gasteiger charge is -2.20. The molecule has 0 aliphatic carbocycles. The molecule has 9 heteroatoms. The van der Waals surface area contributed by atoms with Crippen LogP contribution in [0.15, 0.2) is 18.2 Å². The molecule has 1 unspecified atom stereocenters. The Morgan fingerprint density at radius 3 is 2.36 bits per heavy atom. The van der Waals surface area contributed by atoms with E-state index in [4.69, 9.17) is 44.9 Å². The third-order valence-corrected chi connectivity index (χ3v) is 4.76. The zero-order chi connectivity index (χ0) is 18.7. The van der Waals surface area contributed by atoms with Crippen LogP contribution in [0, 0.1) is 4.77 Å². The van der Waals surface area contributed by atoms with Gasteiger partial charge in [-0.2, -0.15) is 0 Å². The summed E-state index contributed by atoms with van der Waals surface area (Å²) in [6.07, 6.45) is 0.578. The Hall–Kier alpha value is -1.83. The molecule has 0 saturated heterocycles. The third kappa shape index (κ3) is 3.73. The maximum atomic E-state index is 12.3. The van der Waals surface area contributed by atoms with Crippen molar-refractivity contribution in [1.29, 1.82) is 0 Å². The normalized spacial score (nSPS) is 11.9. The standard InChI is InChI=1S/C16H16Cl2N2O4S/c1-4-11(8-5-6-9(17)10(18)7-8)20-13(15(22)24-3)12(14(21)23-2)19-16(20)25/h5-7,11H,4H2,1-3H3,(H,19,25). The molecule has 25 heavy (non-hydrogen) atoms. The van der Waals surface area contributed by atoms with Crippen molar-refractivity contribution in [3.63, 3.8) is 0 Å². The van der Waals surface area contributed by atoms with E-state index in [0.717, 1.165) is 5.56 Å². The van der Waals surface area contributed by atoms with Crippen LogP contribution in [0.2, 0.25) is 10.0 Å². The van der Waals surface area contributed by atoms with Crippen LogP contribution < -0.4 is 0 Å². The van der Waals surface area contributed by atoms with E-state index in [1.807, 2.05) is 6.92 Å². The Kier molecular flexibility index (Phi) is 6.26. The van der Waals surface area contributed by atoms with Crippen molar-refractivity contribution < 1.29 is 19.1 Å². The summed E-state index contributed by atoms with van der Waals surface area (Å²) in [4.78, 5) is 27.0. The number of aromatic amines is 1. The summed E-state index contributed by atoms with van der Waals surface area (Å²) >= 11 is 17.4. The lowest BCUT2D eigenvalue weighted by molar-refractivity contribution is 0.0542. The predicted molar refractivity (Wildman–Crippen MR) is 97.2 cm³/mol. The monoisotopic (exact) mass is 402 g/mol. The van der Waals surface area contributed by atoms with Crippen LogP contribution in [0.3, 0.4) is 0 Å². The van der Waals surface area contributed by atoms with E-state index in [-0.39, 0.29) is 22.2 Å². The van der Waals surface area contributed by atoms with Crippen molar-refractivity contribution in [3.05, 3.63) is 50.0 Å². The molecule has 0 saturated carbocycles. The molecule has 0 bridgehead atoms. The maximum absolute atomic E-state index is 12.3. The molecule has 2 rings (SSSR count). The van der Waals surface area contributed by atoms with Crippen LogP contribution in [-0.4, -0.2) is 35.7 Å². The molecule has 1 N–H and O–H groups in total. The SMILES string of the molecule is CCC(c1ccc(Cl)c(Cl)c1)n1c(C(=O)OC)c(C(=O)OC)[nH]c1=S. The molecule has 2 aromatic rings. The lowest BCUT2D eigenvalue weighted by Crippen LogP contribution is -2.20. The van der Waals surface area contributed by atoms with Gasteiger partial charge in [-0.05, 0) is 36.3 Å². The van der Waals surface area contributed by atoms with Crippen molar-refractivity contribution >= 4 is 47.4 Å². The van der Waals surface area contributed by atoms with Crippen molar-refractivity contribution in [2.75, 3.05) is 14.2 Å². The first-order valence-electron chi connectivity index (χ1n) is 7.31. The first kappa shape index (κ1) is 19.5. The van der Waals surface area contributed by atoms with Crippen LogP contribution >= 0.6 is 35.4 Å². The van der Waals surface area contributed by atoms with Crippen LogP contribution in [0.25, 0.3) is 0 Å². The zero-order valence-corrected chi connectivity index (χ0v) is 16.1. The summed E-state index contributed by atoms with van der Waals surface area (Å²) in [5.41, 5.74) is 0.726. The number of hydrogen-bond donors (Lipinski definition) is 1. The van der Waals surface area contributed by atoms with Gasteiger partial charge in [-0.1, -0.05) is 36.2 Å². The van der Waals surface area contributed by atoms with Crippen molar-refractivity contribution in [2.45, 2.75) is 19.4 Å². The molecule has 0 fully saturated rings. The number of H-pyrrole nitrogens is 1. The Morgan fingerprint density at radius 2 is 1.84 bits per heavy atom. The van der Waals surface area contributed by atoms with Gasteiger partial charge in [-0.3, -0.25) is 0 Å². The average Bonchev–Trinajstić information content (AvgIpc) is 2.94. The van der Waals surface area contributed by atoms with Crippen LogP contribution in [0.1, 0.15) is 45.9 Å². The zero-order valence-electron chi connectivity index (χ0n) is 13.8. The van der Waals surface area contributed by atoms with Crippen LogP contribution in [0.5, 0.6) is 0 Å². The predicted octanol–water partition coefficient (Wildman–Crippen LogP) is 4.43. The van der Waals surface area contributed by atoms with Gasteiger partial charge in [0.05, 0.1) is 30.3 Å². The van der Waals surface area contributed by atoms with E-state index in [1.165, 1.54) is 18.8 Å². The van der Waals surface area contributed by atoms with Gasteiger partial charge in [0.15, 0.2) is 16.2 Å². The Labute approximate surface area is 159 Å². The molecule has 134 valence electrons. The molecule has 1 aromatic carbocycles. The number of benzene rings is 1. The summed E-state index contributed by atoms with van der Waals surface area (Å²) in [6.45, 7) is 1.92. The number of aromatic nitrogens is 2. The van der Waals surface area contributed by atoms with E-state index in [2.05, 4.69) is 4.98 Å². The van der Waals surface area contributed by atoms with Crippen LogP contribution in [0.4, 0.5) is 0 Å². The first-order chi connectivity index (χ1) is 11.8. The number of imidazole rings is 1. The Morgan fingerprint density at radius 1 is 1.20 bits per heavy atom.